The number of carbonyl (C=O) groups is 2. The van der Waals surface area contributed by atoms with Crippen LogP contribution in [0.25, 0.3) is 0 Å². The van der Waals surface area contributed by atoms with Crippen molar-refractivity contribution in [3.8, 4) is 0 Å². The molecule has 1 heterocycles. The van der Waals surface area contributed by atoms with Crippen LogP contribution < -0.4 is 0 Å². The maximum Gasteiger partial charge on any atom is 0.336 e. The molecular weight excluding hydrogens is 188 g/mol. The van der Waals surface area contributed by atoms with Gasteiger partial charge >= 0.3 is 5.97 Å². The lowest BCUT2D eigenvalue weighted by molar-refractivity contribution is 0.0697. The number of hydrogen-bond donors (Lipinski definition) is 1. The van der Waals surface area contributed by atoms with E-state index >= 15 is 0 Å². The summed E-state index contributed by atoms with van der Waals surface area (Å²) in [7, 11) is 0. The fraction of sp³-hybridized carbons (Fsp3) is 0.333. The van der Waals surface area contributed by atoms with Crippen molar-refractivity contribution in [2.45, 2.75) is 13.8 Å². The smallest absolute Gasteiger partial charge is 0.336 e. The predicted octanol–water partition coefficient (Wildman–Crippen LogP) is 2.29. The van der Waals surface area contributed by atoms with Crippen LogP contribution in [-0.4, -0.2) is 16.9 Å². The molecule has 70 valence electrons. The van der Waals surface area contributed by atoms with Gasteiger partial charge in [0.2, 0.25) is 0 Å². The van der Waals surface area contributed by atoms with Crippen LogP contribution in [0.2, 0.25) is 0 Å². The minimum atomic E-state index is -0.987. The molecule has 0 fully saturated rings. The van der Waals surface area contributed by atoms with Gasteiger partial charge < -0.3 is 5.11 Å². The number of thiophene rings is 1. The molecule has 0 spiro atoms. The molecule has 1 aromatic rings. The number of Topliss-reactive ketones (excluding diaryl/α,β-unsaturated/α-hetero) is 1. The van der Waals surface area contributed by atoms with Crippen molar-refractivity contribution in [2.24, 2.45) is 5.92 Å². The first-order valence-corrected chi connectivity index (χ1v) is 4.76. The zero-order valence-corrected chi connectivity index (χ0v) is 8.22. The van der Waals surface area contributed by atoms with Gasteiger partial charge in [0, 0.05) is 11.3 Å². The Morgan fingerprint density at radius 1 is 1.46 bits per heavy atom. The first-order chi connectivity index (χ1) is 6.02. The lowest BCUT2D eigenvalue weighted by atomic mass is 10.1. The van der Waals surface area contributed by atoms with Crippen molar-refractivity contribution < 1.29 is 14.7 Å². The highest BCUT2D eigenvalue weighted by molar-refractivity contribution is 7.12. The molecule has 1 N–H and O–H groups in total. The zero-order chi connectivity index (χ0) is 10.0. The maximum absolute atomic E-state index is 11.4. The largest absolute Gasteiger partial charge is 0.478 e. The third-order valence-electron chi connectivity index (χ3n) is 1.61. The summed E-state index contributed by atoms with van der Waals surface area (Å²) in [5.74, 6) is -1.07. The van der Waals surface area contributed by atoms with E-state index in [1.807, 2.05) is 0 Å². The summed E-state index contributed by atoms with van der Waals surface area (Å²) in [5.41, 5.74) is 0.189. The number of carboxylic acids is 1. The molecule has 0 radical (unpaired) electrons. The third-order valence-corrected chi connectivity index (χ3v) is 2.56. The highest BCUT2D eigenvalue weighted by atomic mass is 32.1. The Kier molecular flexibility index (Phi) is 2.83. The Morgan fingerprint density at radius 3 is 2.46 bits per heavy atom. The molecule has 1 aromatic heterocycles. The lowest BCUT2D eigenvalue weighted by Crippen LogP contribution is -2.05. The summed E-state index contributed by atoms with van der Waals surface area (Å²) in [6.45, 7) is 3.59. The second-order valence-electron chi connectivity index (χ2n) is 3.02. The van der Waals surface area contributed by atoms with Crippen molar-refractivity contribution in [3.05, 3.63) is 21.9 Å². The molecule has 0 amide bonds. The summed E-state index contributed by atoms with van der Waals surface area (Å²) >= 11 is 1.18. The van der Waals surface area contributed by atoms with Gasteiger partial charge in [0.05, 0.1) is 10.4 Å². The van der Waals surface area contributed by atoms with Gasteiger partial charge in [0.15, 0.2) is 5.78 Å². The highest BCUT2D eigenvalue weighted by Crippen LogP contribution is 2.18. The Labute approximate surface area is 80.0 Å². The van der Waals surface area contributed by atoms with Crippen LogP contribution >= 0.6 is 11.3 Å². The quantitative estimate of drug-likeness (QED) is 0.758. The first-order valence-electron chi connectivity index (χ1n) is 3.88. The monoisotopic (exact) mass is 198 g/mol. The molecule has 0 aliphatic carbocycles. The van der Waals surface area contributed by atoms with E-state index in [0.29, 0.717) is 4.88 Å². The van der Waals surface area contributed by atoms with Gasteiger partial charge in [-0.15, -0.1) is 11.3 Å². The minimum Gasteiger partial charge on any atom is -0.478 e. The number of aromatic carboxylic acids is 1. The van der Waals surface area contributed by atoms with Crippen LogP contribution in [-0.2, 0) is 0 Å². The summed E-state index contributed by atoms with van der Waals surface area (Å²) < 4.78 is 0. The third kappa shape index (κ3) is 2.15. The second kappa shape index (κ2) is 3.70. The van der Waals surface area contributed by atoms with Gasteiger partial charge in [-0.05, 0) is 6.07 Å². The summed E-state index contributed by atoms with van der Waals surface area (Å²) in [4.78, 5) is 22.4. The number of rotatable bonds is 3. The fourth-order valence-electron chi connectivity index (χ4n) is 0.862. The highest BCUT2D eigenvalue weighted by Gasteiger charge is 2.14. The molecule has 0 aromatic carbocycles. The summed E-state index contributed by atoms with van der Waals surface area (Å²) in [6.07, 6.45) is 0. The molecule has 0 aliphatic heterocycles. The summed E-state index contributed by atoms with van der Waals surface area (Å²) in [6, 6.07) is 1.43. The SMILES string of the molecule is CC(C)C(=O)c1cc(C(=O)O)cs1. The van der Waals surface area contributed by atoms with Crippen LogP contribution in [0.4, 0.5) is 0 Å². The minimum absolute atomic E-state index is 0.00231. The molecule has 1 rings (SSSR count). The van der Waals surface area contributed by atoms with Crippen LogP contribution in [0.1, 0.15) is 33.9 Å². The van der Waals surface area contributed by atoms with Crippen molar-refractivity contribution >= 4 is 23.1 Å². The van der Waals surface area contributed by atoms with Crippen molar-refractivity contribution in [1.82, 2.24) is 0 Å². The topological polar surface area (TPSA) is 54.4 Å². The van der Waals surface area contributed by atoms with Crippen LogP contribution in [0.5, 0.6) is 0 Å². The Hall–Kier alpha value is -1.16. The van der Waals surface area contributed by atoms with Gasteiger partial charge in [0.25, 0.3) is 0 Å². The molecule has 4 heteroatoms. The first kappa shape index (κ1) is 9.92. The van der Waals surface area contributed by atoms with Crippen LogP contribution in [0, 0.1) is 5.92 Å². The van der Waals surface area contributed by atoms with Gasteiger partial charge in [-0.2, -0.15) is 0 Å². The number of hydrogen-bond acceptors (Lipinski definition) is 3. The molecule has 0 saturated heterocycles. The molecular formula is C9H10O3S. The predicted molar refractivity (Wildman–Crippen MR) is 50.4 cm³/mol. The molecule has 3 nitrogen and oxygen atoms in total. The number of carboxylic acid groups (broad SMARTS) is 1. The molecule has 0 aliphatic rings. The van der Waals surface area contributed by atoms with Crippen molar-refractivity contribution in [3.63, 3.8) is 0 Å². The number of carbonyl (C=O) groups excluding carboxylic acids is 1. The molecule has 0 saturated carbocycles. The lowest BCUT2D eigenvalue weighted by Gasteiger charge is -1.98. The Balaban J connectivity index is 2.92. The average Bonchev–Trinajstić information content (AvgIpc) is 2.50. The summed E-state index contributed by atoms with van der Waals surface area (Å²) in [5, 5.41) is 10.1. The van der Waals surface area contributed by atoms with E-state index in [4.69, 9.17) is 5.11 Å². The van der Waals surface area contributed by atoms with Gasteiger partial charge in [-0.1, -0.05) is 13.8 Å². The van der Waals surface area contributed by atoms with Crippen LogP contribution in [0.15, 0.2) is 11.4 Å². The second-order valence-corrected chi connectivity index (χ2v) is 3.93. The van der Waals surface area contributed by atoms with E-state index in [9.17, 15) is 9.59 Å². The van der Waals surface area contributed by atoms with Crippen LogP contribution in [0.3, 0.4) is 0 Å². The van der Waals surface area contributed by atoms with E-state index < -0.39 is 5.97 Å². The van der Waals surface area contributed by atoms with Crippen molar-refractivity contribution in [1.29, 1.82) is 0 Å². The molecule has 0 atom stereocenters. The standard InChI is InChI=1S/C9H10O3S/c1-5(2)8(10)7-3-6(4-13-7)9(11)12/h3-5H,1-2H3,(H,11,12). The van der Waals surface area contributed by atoms with E-state index in [-0.39, 0.29) is 17.3 Å². The van der Waals surface area contributed by atoms with Gasteiger partial charge in [-0.3, -0.25) is 4.79 Å². The normalized spacial score (nSPS) is 10.4. The van der Waals surface area contributed by atoms with E-state index in [1.54, 1.807) is 13.8 Å². The van der Waals surface area contributed by atoms with Crippen molar-refractivity contribution in [2.75, 3.05) is 0 Å². The molecule has 13 heavy (non-hydrogen) atoms. The fourth-order valence-corrected chi connectivity index (χ4v) is 1.83. The zero-order valence-electron chi connectivity index (χ0n) is 7.40. The van der Waals surface area contributed by atoms with Gasteiger partial charge in [0.1, 0.15) is 0 Å². The number of ketones is 1. The van der Waals surface area contributed by atoms with E-state index in [0.717, 1.165) is 0 Å². The maximum atomic E-state index is 11.4. The van der Waals surface area contributed by atoms with Gasteiger partial charge in [-0.25, -0.2) is 4.79 Å². The molecule has 0 bridgehead atoms. The Morgan fingerprint density at radius 2 is 2.08 bits per heavy atom. The Bertz CT molecular complexity index is 338. The average molecular weight is 198 g/mol. The van der Waals surface area contributed by atoms with E-state index in [1.165, 1.54) is 22.8 Å². The van der Waals surface area contributed by atoms with E-state index in [2.05, 4.69) is 0 Å². The molecule has 0 unspecified atom stereocenters.